The highest BCUT2D eigenvalue weighted by Gasteiger charge is 2.07. The molecule has 0 aromatic heterocycles. The predicted molar refractivity (Wildman–Crippen MR) is 81.0 cm³/mol. The smallest absolute Gasteiger partial charge is 0.124 e. The molecule has 1 atom stereocenters. The summed E-state index contributed by atoms with van der Waals surface area (Å²) in [5.74, 6) is 1.57. The quantitative estimate of drug-likeness (QED) is 0.764. The molecule has 0 aliphatic carbocycles. The van der Waals surface area contributed by atoms with Gasteiger partial charge in [0.05, 0.1) is 0 Å². The standard InChI is InChI=1S/C15H22BrNO/c1-5-12(4)18-15-7-6-14(16)8-13(15)10-17-9-11(2)3/h5-8,11-12,17H,1,9-10H2,2-4H3. The van der Waals surface area contributed by atoms with E-state index >= 15 is 0 Å². The van der Waals surface area contributed by atoms with E-state index in [-0.39, 0.29) is 6.10 Å². The molecule has 0 aliphatic rings. The fourth-order valence-corrected chi connectivity index (χ4v) is 1.95. The van der Waals surface area contributed by atoms with Gasteiger partial charge in [0.1, 0.15) is 11.9 Å². The van der Waals surface area contributed by atoms with E-state index in [1.165, 1.54) is 5.56 Å². The SMILES string of the molecule is C=CC(C)Oc1ccc(Br)cc1CNCC(C)C. The summed E-state index contributed by atoms with van der Waals surface area (Å²) in [6.45, 7) is 11.9. The number of rotatable bonds is 7. The lowest BCUT2D eigenvalue weighted by Crippen LogP contribution is -2.20. The molecule has 0 bridgehead atoms. The molecule has 1 N–H and O–H groups in total. The van der Waals surface area contributed by atoms with E-state index in [4.69, 9.17) is 4.74 Å². The Kier molecular flexibility index (Phi) is 6.44. The molecule has 1 aromatic rings. The Balaban J connectivity index is 2.73. The average molecular weight is 312 g/mol. The molecule has 0 fully saturated rings. The third-order valence-corrected chi connectivity index (χ3v) is 3.03. The van der Waals surface area contributed by atoms with Crippen molar-refractivity contribution in [2.75, 3.05) is 6.54 Å². The van der Waals surface area contributed by atoms with E-state index < -0.39 is 0 Å². The molecule has 3 heteroatoms. The first kappa shape index (κ1) is 15.3. The molecule has 1 unspecified atom stereocenters. The summed E-state index contributed by atoms with van der Waals surface area (Å²) in [5.41, 5.74) is 1.17. The second-order valence-corrected chi connectivity index (χ2v) is 5.75. The van der Waals surface area contributed by atoms with Crippen LogP contribution in [0.5, 0.6) is 5.75 Å². The summed E-state index contributed by atoms with van der Waals surface area (Å²) >= 11 is 3.50. The monoisotopic (exact) mass is 311 g/mol. The first-order chi connectivity index (χ1) is 8.52. The van der Waals surface area contributed by atoms with Gasteiger partial charge < -0.3 is 10.1 Å². The van der Waals surface area contributed by atoms with E-state index in [9.17, 15) is 0 Å². The first-order valence-corrected chi connectivity index (χ1v) is 7.10. The highest BCUT2D eigenvalue weighted by Crippen LogP contribution is 2.24. The Bertz CT molecular complexity index is 390. The first-order valence-electron chi connectivity index (χ1n) is 6.31. The molecule has 0 amide bonds. The number of hydrogen-bond donors (Lipinski definition) is 1. The highest BCUT2D eigenvalue weighted by molar-refractivity contribution is 9.10. The van der Waals surface area contributed by atoms with E-state index in [1.54, 1.807) is 6.08 Å². The zero-order chi connectivity index (χ0) is 13.5. The molecule has 1 rings (SSSR count). The van der Waals surface area contributed by atoms with Gasteiger partial charge in [0.15, 0.2) is 0 Å². The zero-order valence-corrected chi connectivity index (χ0v) is 13.0. The molecule has 0 saturated carbocycles. The molecule has 0 spiro atoms. The van der Waals surface area contributed by atoms with Crippen molar-refractivity contribution in [2.24, 2.45) is 5.92 Å². The maximum atomic E-state index is 5.83. The van der Waals surface area contributed by atoms with E-state index in [0.29, 0.717) is 5.92 Å². The molecule has 2 nitrogen and oxygen atoms in total. The normalized spacial score (nSPS) is 12.5. The van der Waals surface area contributed by atoms with Crippen LogP contribution < -0.4 is 10.1 Å². The Labute approximate surface area is 119 Å². The lowest BCUT2D eigenvalue weighted by molar-refractivity contribution is 0.266. The molecule has 100 valence electrons. The Morgan fingerprint density at radius 3 is 2.72 bits per heavy atom. The molecular formula is C15H22BrNO. The number of hydrogen-bond acceptors (Lipinski definition) is 2. The van der Waals surface area contributed by atoms with Gasteiger partial charge in [-0.05, 0) is 37.6 Å². The van der Waals surface area contributed by atoms with Gasteiger partial charge in [-0.25, -0.2) is 0 Å². The van der Waals surface area contributed by atoms with E-state index in [0.717, 1.165) is 23.3 Å². The Morgan fingerprint density at radius 1 is 1.39 bits per heavy atom. The molecule has 1 aromatic carbocycles. The summed E-state index contributed by atoms with van der Waals surface area (Å²) in [7, 11) is 0. The average Bonchev–Trinajstić information content (AvgIpc) is 2.31. The van der Waals surface area contributed by atoms with Crippen molar-refractivity contribution < 1.29 is 4.74 Å². The van der Waals surface area contributed by atoms with Crippen LogP contribution in [-0.4, -0.2) is 12.6 Å². The number of halogens is 1. The van der Waals surface area contributed by atoms with Crippen LogP contribution in [0.15, 0.2) is 35.3 Å². The number of nitrogens with one attached hydrogen (secondary N) is 1. The molecule has 0 heterocycles. The summed E-state index contributed by atoms with van der Waals surface area (Å²) in [6, 6.07) is 6.09. The molecular weight excluding hydrogens is 290 g/mol. The maximum absolute atomic E-state index is 5.83. The summed E-state index contributed by atoms with van der Waals surface area (Å²) in [5, 5.41) is 3.43. The molecule has 0 aliphatic heterocycles. The Hall–Kier alpha value is -0.800. The van der Waals surface area contributed by atoms with Gasteiger partial charge in [0.2, 0.25) is 0 Å². The second-order valence-electron chi connectivity index (χ2n) is 4.84. The van der Waals surface area contributed by atoms with Crippen LogP contribution in [0, 0.1) is 5.92 Å². The second kappa shape index (κ2) is 7.59. The lowest BCUT2D eigenvalue weighted by Gasteiger charge is -2.16. The Morgan fingerprint density at radius 2 is 2.11 bits per heavy atom. The van der Waals surface area contributed by atoms with Gasteiger partial charge in [0, 0.05) is 16.6 Å². The summed E-state index contributed by atoms with van der Waals surface area (Å²) in [4.78, 5) is 0. The van der Waals surface area contributed by atoms with Gasteiger partial charge in [-0.2, -0.15) is 0 Å². The van der Waals surface area contributed by atoms with Gasteiger partial charge in [0.25, 0.3) is 0 Å². The largest absolute Gasteiger partial charge is 0.486 e. The van der Waals surface area contributed by atoms with Crippen molar-refractivity contribution in [3.05, 3.63) is 40.9 Å². The number of ether oxygens (including phenoxy) is 1. The topological polar surface area (TPSA) is 21.3 Å². The molecule has 0 radical (unpaired) electrons. The van der Waals surface area contributed by atoms with Crippen molar-refractivity contribution in [1.82, 2.24) is 5.32 Å². The van der Waals surface area contributed by atoms with Crippen LogP contribution >= 0.6 is 15.9 Å². The fourth-order valence-electron chi connectivity index (χ4n) is 1.55. The lowest BCUT2D eigenvalue weighted by atomic mass is 10.1. The molecule has 18 heavy (non-hydrogen) atoms. The minimum absolute atomic E-state index is 0.0232. The highest BCUT2D eigenvalue weighted by atomic mass is 79.9. The van der Waals surface area contributed by atoms with Crippen molar-refractivity contribution in [1.29, 1.82) is 0 Å². The van der Waals surface area contributed by atoms with Crippen LogP contribution in [0.1, 0.15) is 26.3 Å². The minimum atomic E-state index is 0.0232. The zero-order valence-electron chi connectivity index (χ0n) is 11.4. The van der Waals surface area contributed by atoms with Crippen LogP contribution in [0.3, 0.4) is 0 Å². The van der Waals surface area contributed by atoms with Gasteiger partial charge in [-0.3, -0.25) is 0 Å². The van der Waals surface area contributed by atoms with Crippen LogP contribution in [-0.2, 0) is 6.54 Å². The van der Waals surface area contributed by atoms with E-state index in [1.807, 2.05) is 19.1 Å². The van der Waals surface area contributed by atoms with Crippen LogP contribution in [0.4, 0.5) is 0 Å². The maximum Gasteiger partial charge on any atom is 0.124 e. The minimum Gasteiger partial charge on any atom is -0.486 e. The van der Waals surface area contributed by atoms with Crippen molar-refractivity contribution in [2.45, 2.75) is 33.4 Å². The predicted octanol–water partition coefficient (Wildman–Crippen LogP) is 4.15. The van der Waals surface area contributed by atoms with Crippen LogP contribution in [0.25, 0.3) is 0 Å². The van der Waals surface area contributed by atoms with Crippen molar-refractivity contribution >= 4 is 15.9 Å². The fraction of sp³-hybridized carbons (Fsp3) is 0.467. The molecule has 0 saturated heterocycles. The summed E-state index contributed by atoms with van der Waals surface area (Å²) < 4.78 is 6.90. The van der Waals surface area contributed by atoms with Crippen molar-refractivity contribution in [3.8, 4) is 5.75 Å². The van der Waals surface area contributed by atoms with Gasteiger partial charge in [-0.15, -0.1) is 0 Å². The number of benzene rings is 1. The third-order valence-electron chi connectivity index (χ3n) is 2.54. The van der Waals surface area contributed by atoms with Crippen LogP contribution in [0.2, 0.25) is 0 Å². The van der Waals surface area contributed by atoms with Gasteiger partial charge >= 0.3 is 0 Å². The van der Waals surface area contributed by atoms with E-state index in [2.05, 4.69) is 47.7 Å². The third kappa shape index (κ3) is 5.23. The summed E-state index contributed by atoms with van der Waals surface area (Å²) in [6.07, 6.45) is 1.82. The van der Waals surface area contributed by atoms with Gasteiger partial charge in [-0.1, -0.05) is 42.4 Å². The van der Waals surface area contributed by atoms with Crippen molar-refractivity contribution in [3.63, 3.8) is 0 Å².